The first kappa shape index (κ1) is 15.1. The molecular formula is C11H26O3Si. The SMILES string of the molecule is CCO[Si](C)(OCC)C1CCCCC1.O. The quantitative estimate of drug-likeness (QED) is 0.687. The summed E-state index contributed by atoms with van der Waals surface area (Å²) in [5, 5.41) is 0. The third kappa shape index (κ3) is 4.22. The van der Waals surface area contributed by atoms with E-state index >= 15 is 0 Å². The first-order valence-corrected chi connectivity index (χ1v) is 8.40. The fourth-order valence-corrected chi connectivity index (χ4v) is 5.64. The van der Waals surface area contributed by atoms with E-state index in [1.165, 1.54) is 32.1 Å². The van der Waals surface area contributed by atoms with Crippen LogP contribution in [0.4, 0.5) is 0 Å². The molecule has 92 valence electrons. The van der Waals surface area contributed by atoms with Crippen LogP contribution in [0.15, 0.2) is 0 Å². The molecule has 1 aliphatic rings. The lowest BCUT2D eigenvalue weighted by molar-refractivity contribution is 0.171. The van der Waals surface area contributed by atoms with Gasteiger partial charge >= 0.3 is 8.56 Å². The van der Waals surface area contributed by atoms with E-state index in [4.69, 9.17) is 8.85 Å². The van der Waals surface area contributed by atoms with Crippen molar-refractivity contribution < 1.29 is 14.3 Å². The highest BCUT2D eigenvalue weighted by Gasteiger charge is 2.40. The van der Waals surface area contributed by atoms with Crippen molar-refractivity contribution in [3.63, 3.8) is 0 Å². The first-order chi connectivity index (χ1) is 6.73. The molecule has 0 atom stereocenters. The molecule has 0 bridgehead atoms. The van der Waals surface area contributed by atoms with Crippen LogP contribution in [-0.4, -0.2) is 27.3 Å². The Hall–Kier alpha value is 0.0969. The van der Waals surface area contributed by atoms with Crippen molar-refractivity contribution in [2.24, 2.45) is 0 Å². The van der Waals surface area contributed by atoms with Gasteiger partial charge in [0, 0.05) is 18.8 Å². The molecule has 2 N–H and O–H groups in total. The average molecular weight is 234 g/mol. The van der Waals surface area contributed by atoms with Gasteiger partial charge in [0.05, 0.1) is 0 Å². The van der Waals surface area contributed by atoms with Gasteiger partial charge in [-0.3, -0.25) is 0 Å². The number of hydrogen-bond donors (Lipinski definition) is 0. The smallest absolute Gasteiger partial charge is 0.338 e. The predicted molar refractivity (Wildman–Crippen MR) is 65.3 cm³/mol. The largest absolute Gasteiger partial charge is 0.412 e. The van der Waals surface area contributed by atoms with Gasteiger partial charge < -0.3 is 14.3 Å². The van der Waals surface area contributed by atoms with Gasteiger partial charge in [0.1, 0.15) is 0 Å². The third-order valence-corrected chi connectivity index (χ3v) is 6.99. The van der Waals surface area contributed by atoms with E-state index in [0.29, 0.717) is 0 Å². The van der Waals surface area contributed by atoms with Crippen molar-refractivity contribution in [1.82, 2.24) is 0 Å². The Balaban J connectivity index is 0.00000196. The lowest BCUT2D eigenvalue weighted by atomic mass is 10.0. The van der Waals surface area contributed by atoms with Crippen LogP contribution in [0.3, 0.4) is 0 Å². The molecule has 0 saturated heterocycles. The summed E-state index contributed by atoms with van der Waals surface area (Å²) in [6.07, 6.45) is 6.78. The molecule has 1 saturated carbocycles. The molecule has 1 fully saturated rings. The minimum atomic E-state index is -1.85. The predicted octanol–water partition coefficient (Wildman–Crippen LogP) is 2.64. The minimum absolute atomic E-state index is 0. The van der Waals surface area contributed by atoms with Gasteiger partial charge in [-0.05, 0) is 33.2 Å². The van der Waals surface area contributed by atoms with Crippen molar-refractivity contribution in [1.29, 1.82) is 0 Å². The van der Waals surface area contributed by atoms with Crippen molar-refractivity contribution in [2.45, 2.75) is 58.0 Å². The van der Waals surface area contributed by atoms with Crippen LogP contribution in [-0.2, 0) is 8.85 Å². The van der Waals surface area contributed by atoms with Crippen molar-refractivity contribution in [3.8, 4) is 0 Å². The standard InChI is InChI=1S/C11H24O2Si.H2O/c1-4-12-14(3,13-5-2)11-9-7-6-8-10-11;/h11H,4-10H2,1-3H3;1H2. The maximum Gasteiger partial charge on any atom is 0.338 e. The summed E-state index contributed by atoms with van der Waals surface area (Å²) >= 11 is 0. The van der Waals surface area contributed by atoms with Crippen molar-refractivity contribution in [3.05, 3.63) is 0 Å². The van der Waals surface area contributed by atoms with Crippen molar-refractivity contribution >= 4 is 8.56 Å². The van der Waals surface area contributed by atoms with Crippen LogP contribution >= 0.6 is 0 Å². The van der Waals surface area contributed by atoms with Crippen LogP contribution in [0.25, 0.3) is 0 Å². The van der Waals surface area contributed by atoms with Gasteiger partial charge in [-0.15, -0.1) is 0 Å². The van der Waals surface area contributed by atoms with E-state index in [-0.39, 0.29) is 5.48 Å². The zero-order valence-electron chi connectivity index (χ0n) is 10.3. The van der Waals surface area contributed by atoms with E-state index in [9.17, 15) is 0 Å². The Bertz CT molecular complexity index is 152. The summed E-state index contributed by atoms with van der Waals surface area (Å²) in [7, 11) is -1.85. The van der Waals surface area contributed by atoms with E-state index in [1.54, 1.807) is 0 Å². The van der Waals surface area contributed by atoms with E-state index < -0.39 is 8.56 Å². The molecule has 15 heavy (non-hydrogen) atoms. The van der Waals surface area contributed by atoms with Crippen molar-refractivity contribution in [2.75, 3.05) is 13.2 Å². The van der Waals surface area contributed by atoms with Crippen LogP contribution in [0.5, 0.6) is 0 Å². The lowest BCUT2D eigenvalue weighted by Crippen LogP contribution is -2.44. The third-order valence-electron chi connectivity index (χ3n) is 3.21. The van der Waals surface area contributed by atoms with Crippen LogP contribution < -0.4 is 0 Å². The summed E-state index contributed by atoms with van der Waals surface area (Å²) in [5.74, 6) is 0. The first-order valence-electron chi connectivity index (χ1n) is 6.00. The second kappa shape index (κ2) is 7.38. The Labute approximate surface area is 94.7 Å². The van der Waals surface area contributed by atoms with Gasteiger partial charge in [0.15, 0.2) is 0 Å². The molecule has 1 rings (SSSR count). The summed E-state index contributed by atoms with van der Waals surface area (Å²) in [6, 6.07) is 0. The van der Waals surface area contributed by atoms with Crippen LogP contribution in [0.1, 0.15) is 46.0 Å². The molecule has 0 heterocycles. The second-order valence-corrected chi connectivity index (χ2v) is 7.64. The molecule has 1 aliphatic carbocycles. The number of rotatable bonds is 5. The highest BCUT2D eigenvalue weighted by Crippen LogP contribution is 2.37. The Morgan fingerprint density at radius 2 is 1.47 bits per heavy atom. The van der Waals surface area contributed by atoms with Gasteiger partial charge in [-0.1, -0.05) is 19.3 Å². The van der Waals surface area contributed by atoms with Gasteiger partial charge in [0.2, 0.25) is 0 Å². The topological polar surface area (TPSA) is 50.0 Å². The Morgan fingerprint density at radius 1 is 1.00 bits per heavy atom. The molecule has 0 aromatic rings. The molecule has 4 heteroatoms. The van der Waals surface area contributed by atoms with Crippen LogP contribution in [0.2, 0.25) is 12.1 Å². The molecule has 0 amide bonds. The second-order valence-electron chi connectivity index (χ2n) is 4.22. The molecule has 0 aliphatic heterocycles. The zero-order chi connectivity index (χ0) is 10.4. The highest BCUT2D eigenvalue weighted by atomic mass is 28.4. The molecule has 3 nitrogen and oxygen atoms in total. The molecular weight excluding hydrogens is 208 g/mol. The molecule has 0 spiro atoms. The zero-order valence-corrected chi connectivity index (χ0v) is 11.3. The fourth-order valence-electron chi connectivity index (χ4n) is 2.48. The van der Waals surface area contributed by atoms with Gasteiger partial charge in [-0.2, -0.15) is 0 Å². The highest BCUT2D eigenvalue weighted by molar-refractivity contribution is 6.67. The average Bonchev–Trinajstić information content (AvgIpc) is 2.20. The summed E-state index contributed by atoms with van der Waals surface area (Å²) in [4.78, 5) is 0. The van der Waals surface area contributed by atoms with Gasteiger partial charge in [-0.25, -0.2) is 0 Å². The summed E-state index contributed by atoms with van der Waals surface area (Å²) < 4.78 is 11.9. The molecule has 0 unspecified atom stereocenters. The summed E-state index contributed by atoms with van der Waals surface area (Å²) in [5.41, 5.74) is 0.733. The van der Waals surface area contributed by atoms with E-state index in [0.717, 1.165) is 18.8 Å². The molecule has 0 aromatic heterocycles. The summed E-state index contributed by atoms with van der Waals surface area (Å²) in [6.45, 7) is 8.01. The Morgan fingerprint density at radius 3 is 1.87 bits per heavy atom. The maximum absolute atomic E-state index is 5.93. The lowest BCUT2D eigenvalue weighted by Gasteiger charge is -2.36. The van der Waals surface area contributed by atoms with Gasteiger partial charge in [0.25, 0.3) is 0 Å². The Kier molecular flexibility index (Phi) is 7.43. The normalized spacial score (nSPS) is 18.6. The van der Waals surface area contributed by atoms with E-state index in [1.807, 2.05) is 0 Å². The minimum Gasteiger partial charge on any atom is -0.412 e. The molecule has 0 radical (unpaired) electrons. The number of hydrogen-bond acceptors (Lipinski definition) is 2. The fraction of sp³-hybridized carbons (Fsp3) is 1.00. The van der Waals surface area contributed by atoms with Crippen LogP contribution in [0, 0.1) is 0 Å². The monoisotopic (exact) mass is 234 g/mol. The maximum atomic E-state index is 5.93. The van der Waals surface area contributed by atoms with E-state index in [2.05, 4.69) is 20.4 Å². The molecule has 0 aromatic carbocycles.